The molecule has 3 nitrogen and oxygen atoms in total. The molecule has 0 amide bonds. The van der Waals surface area contributed by atoms with Gasteiger partial charge in [0.15, 0.2) is 0 Å². The molecule has 0 bridgehead atoms. The molecule has 0 aromatic heterocycles. The zero-order chi connectivity index (χ0) is 9.40. The number of hydrogen-bond donors (Lipinski definition) is 0. The molecule has 0 heterocycles. The Kier molecular flexibility index (Phi) is 6.53. The van der Waals surface area contributed by atoms with Gasteiger partial charge < -0.3 is 14.6 Å². The minimum absolute atomic E-state index is 0.291. The smallest absolute Gasteiger partial charge is 0.251 e. The Balaban J connectivity index is 3.45. The van der Waals surface area contributed by atoms with Gasteiger partial charge in [-0.15, -0.1) is 0 Å². The third-order valence-corrected chi connectivity index (χ3v) is 1.98. The van der Waals surface area contributed by atoms with E-state index in [9.17, 15) is 9.90 Å². The van der Waals surface area contributed by atoms with Crippen molar-refractivity contribution in [2.24, 2.45) is 5.92 Å². The molecule has 0 rings (SSSR count). The third-order valence-electron chi connectivity index (χ3n) is 1.98. The van der Waals surface area contributed by atoms with Crippen LogP contribution in [0, 0.1) is 5.92 Å². The van der Waals surface area contributed by atoms with Crippen LogP contribution in [0.4, 0.5) is 4.79 Å². The Morgan fingerprint density at radius 3 is 2.58 bits per heavy atom. The molecule has 0 radical (unpaired) electrons. The van der Waals surface area contributed by atoms with Crippen LogP contribution in [0.25, 0.3) is 0 Å². The Hall–Kier alpha value is -0.730. The van der Waals surface area contributed by atoms with Gasteiger partial charge in [-0.1, -0.05) is 33.1 Å². The summed E-state index contributed by atoms with van der Waals surface area (Å²) in [7, 11) is 0. The van der Waals surface area contributed by atoms with Crippen LogP contribution in [0.15, 0.2) is 0 Å². The quantitative estimate of drug-likeness (QED) is 0.573. The van der Waals surface area contributed by atoms with Crippen LogP contribution in [0.3, 0.4) is 0 Å². The van der Waals surface area contributed by atoms with Crippen molar-refractivity contribution < 1.29 is 14.6 Å². The molecule has 0 aromatic rings. The summed E-state index contributed by atoms with van der Waals surface area (Å²) >= 11 is 0. The van der Waals surface area contributed by atoms with Crippen LogP contribution in [0.2, 0.25) is 0 Å². The third kappa shape index (κ3) is 6.01. The first-order valence-corrected chi connectivity index (χ1v) is 4.54. The normalized spacial score (nSPS) is 12.5. The molecule has 3 heteroatoms. The lowest BCUT2D eigenvalue weighted by molar-refractivity contribution is -0.283. The zero-order valence-electron chi connectivity index (χ0n) is 7.84. The second-order valence-electron chi connectivity index (χ2n) is 2.98. The molecule has 0 aliphatic rings. The molecule has 0 saturated heterocycles. The van der Waals surface area contributed by atoms with Gasteiger partial charge in [0.2, 0.25) is 0 Å². The van der Waals surface area contributed by atoms with Gasteiger partial charge in [-0.05, 0) is 12.3 Å². The van der Waals surface area contributed by atoms with Crippen LogP contribution < -0.4 is 5.11 Å². The van der Waals surface area contributed by atoms with Crippen molar-refractivity contribution in [1.29, 1.82) is 0 Å². The predicted molar refractivity (Wildman–Crippen MR) is 44.7 cm³/mol. The van der Waals surface area contributed by atoms with E-state index in [1.54, 1.807) is 0 Å². The van der Waals surface area contributed by atoms with E-state index < -0.39 is 6.16 Å². The number of carbonyl (C=O) groups excluding carboxylic acids is 1. The number of hydrogen-bond acceptors (Lipinski definition) is 3. The van der Waals surface area contributed by atoms with Gasteiger partial charge in [-0.25, -0.2) is 0 Å². The lowest BCUT2D eigenvalue weighted by atomic mass is 10.0. The molecule has 0 aliphatic heterocycles. The standard InChI is InChI=1S/C9H18O3/c1-3-5-6-8(4-2)7-12-9(10)11/h8H,3-7H2,1-2H3,(H,10,11)/p-1. The first kappa shape index (κ1) is 11.3. The van der Waals surface area contributed by atoms with Crippen molar-refractivity contribution in [2.75, 3.05) is 6.61 Å². The topological polar surface area (TPSA) is 49.4 Å². The van der Waals surface area contributed by atoms with Gasteiger partial charge >= 0.3 is 0 Å². The highest BCUT2D eigenvalue weighted by Crippen LogP contribution is 2.12. The summed E-state index contributed by atoms with van der Waals surface area (Å²) in [5, 5.41) is 9.96. The summed E-state index contributed by atoms with van der Waals surface area (Å²) < 4.78 is 4.40. The lowest BCUT2D eigenvalue weighted by Crippen LogP contribution is -2.26. The summed E-state index contributed by atoms with van der Waals surface area (Å²) in [6.45, 7) is 4.45. The van der Waals surface area contributed by atoms with Crippen molar-refractivity contribution in [3.8, 4) is 0 Å². The fourth-order valence-electron chi connectivity index (χ4n) is 1.08. The number of carboxylic acid groups (broad SMARTS) is 1. The van der Waals surface area contributed by atoms with E-state index in [2.05, 4.69) is 11.7 Å². The monoisotopic (exact) mass is 173 g/mol. The molecule has 1 atom stereocenters. The Morgan fingerprint density at radius 1 is 1.50 bits per heavy atom. The molecular formula is C9H17O3-. The van der Waals surface area contributed by atoms with E-state index in [1.807, 2.05) is 6.92 Å². The molecule has 12 heavy (non-hydrogen) atoms. The second-order valence-corrected chi connectivity index (χ2v) is 2.98. The van der Waals surface area contributed by atoms with E-state index in [0.29, 0.717) is 12.5 Å². The Bertz CT molecular complexity index is 123. The zero-order valence-corrected chi connectivity index (χ0v) is 7.84. The average Bonchev–Trinajstić information content (AvgIpc) is 2.05. The van der Waals surface area contributed by atoms with Crippen molar-refractivity contribution in [2.45, 2.75) is 39.5 Å². The molecule has 0 spiro atoms. The predicted octanol–water partition coefficient (Wildman–Crippen LogP) is 1.56. The largest absolute Gasteiger partial charge is 0.549 e. The van der Waals surface area contributed by atoms with Crippen LogP contribution in [0.1, 0.15) is 39.5 Å². The number of ether oxygens (including phenoxy) is 1. The molecule has 72 valence electrons. The highest BCUT2D eigenvalue weighted by Gasteiger charge is 2.03. The van der Waals surface area contributed by atoms with Gasteiger partial charge in [-0.3, -0.25) is 0 Å². The van der Waals surface area contributed by atoms with Crippen molar-refractivity contribution in [1.82, 2.24) is 0 Å². The fourth-order valence-corrected chi connectivity index (χ4v) is 1.08. The summed E-state index contributed by atoms with van der Waals surface area (Å²) in [6.07, 6.45) is 2.87. The summed E-state index contributed by atoms with van der Waals surface area (Å²) in [5.74, 6) is 0.364. The van der Waals surface area contributed by atoms with Crippen LogP contribution in [-0.4, -0.2) is 12.8 Å². The lowest BCUT2D eigenvalue weighted by Gasteiger charge is -2.17. The SMILES string of the molecule is CCCCC(CC)COC(=O)[O-]. The molecule has 0 saturated carbocycles. The number of unbranched alkanes of at least 4 members (excludes halogenated alkanes) is 1. The maximum atomic E-state index is 9.96. The number of carbonyl (C=O) groups is 1. The Morgan fingerprint density at radius 2 is 2.17 bits per heavy atom. The maximum absolute atomic E-state index is 9.96. The second kappa shape index (κ2) is 6.95. The molecule has 0 N–H and O–H groups in total. The summed E-state index contributed by atoms with van der Waals surface area (Å²) in [5.41, 5.74) is 0. The average molecular weight is 173 g/mol. The minimum atomic E-state index is -1.41. The van der Waals surface area contributed by atoms with Crippen LogP contribution in [-0.2, 0) is 4.74 Å². The number of rotatable bonds is 6. The van der Waals surface area contributed by atoms with E-state index in [1.165, 1.54) is 0 Å². The highest BCUT2D eigenvalue weighted by atomic mass is 16.7. The van der Waals surface area contributed by atoms with E-state index in [4.69, 9.17) is 0 Å². The van der Waals surface area contributed by atoms with E-state index in [-0.39, 0.29) is 0 Å². The van der Waals surface area contributed by atoms with E-state index >= 15 is 0 Å². The van der Waals surface area contributed by atoms with Crippen molar-refractivity contribution in [3.05, 3.63) is 0 Å². The van der Waals surface area contributed by atoms with Crippen LogP contribution >= 0.6 is 0 Å². The first-order valence-electron chi connectivity index (χ1n) is 4.54. The van der Waals surface area contributed by atoms with Gasteiger partial charge in [0, 0.05) is 6.61 Å². The fraction of sp³-hybridized carbons (Fsp3) is 0.889. The van der Waals surface area contributed by atoms with Crippen molar-refractivity contribution >= 4 is 6.16 Å². The van der Waals surface area contributed by atoms with E-state index in [0.717, 1.165) is 25.7 Å². The summed E-state index contributed by atoms with van der Waals surface area (Å²) in [6, 6.07) is 0. The minimum Gasteiger partial charge on any atom is -0.549 e. The molecule has 0 aliphatic carbocycles. The maximum Gasteiger partial charge on any atom is 0.251 e. The van der Waals surface area contributed by atoms with Gasteiger partial charge in [0.25, 0.3) is 6.16 Å². The summed E-state index contributed by atoms with van der Waals surface area (Å²) in [4.78, 5) is 9.96. The van der Waals surface area contributed by atoms with Crippen LogP contribution in [0.5, 0.6) is 0 Å². The molecular weight excluding hydrogens is 156 g/mol. The van der Waals surface area contributed by atoms with Gasteiger partial charge in [-0.2, -0.15) is 0 Å². The Labute approximate surface area is 73.7 Å². The molecule has 0 aromatic carbocycles. The van der Waals surface area contributed by atoms with Gasteiger partial charge in [0.1, 0.15) is 0 Å². The van der Waals surface area contributed by atoms with Gasteiger partial charge in [0.05, 0.1) is 0 Å². The highest BCUT2D eigenvalue weighted by molar-refractivity contribution is 5.53. The first-order chi connectivity index (χ1) is 5.70. The van der Waals surface area contributed by atoms with Crippen molar-refractivity contribution in [3.63, 3.8) is 0 Å². The molecule has 1 unspecified atom stereocenters. The molecule has 0 fully saturated rings.